The molecule has 0 unspecified atom stereocenters. The number of aromatic nitrogens is 2. The van der Waals surface area contributed by atoms with Gasteiger partial charge in [-0.15, -0.1) is 0 Å². The van der Waals surface area contributed by atoms with Crippen LogP contribution in [0.25, 0.3) is 55.2 Å². The second-order valence-corrected chi connectivity index (χ2v) is 9.74. The van der Waals surface area contributed by atoms with E-state index in [1.54, 1.807) is 0 Å². The summed E-state index contributed by atoms with van der Waals surface area (Å²) in [7, 11) is 0. The van der Waals surface area contributed by atoms with Crippen LogP contribution in [0.4, 0.5) is 0 Å². The Balaban J connectivity index is 1.48. The van der Waals surface area contributed by atoms with E-state index in [0.717, 1.165) is 10.2 Å². The molecular formula is C32H21BrN2. The van der Waals surface area contributed by atoms with Crippen molar-refractivity contribution in [2.75, 3.05) is 0 Å². The zero-order valence-electron chi connectivity index (χ0n) is 18.9. The second kappa shape index (κ2) is 8.00. The molecule has 166 valence electrons. The van der Waals surface area contributed by atoms with E-state index in [0.29, 0.717) is 0 Å². The van der Waals surface area contributed by atoms with Crippen LogP contribution in [0.2, 0.25) is 0 Å². The Kier molecular flexibility index (Phi) is 4.64. The average Bonchev–Trinajstić information content (AvgIpc) is 3.49. The number of nitrogens with zero attached hydrogens (tertiary/aromatic N) is 2. The molecule has 2 nitrogen and oxygen atoms in total. The molecule has 0 N–H and O–H groups in total. The third kappa shape index (κ3) is 3.23. The largest absolute Gasteiger partial charge is 0.316 e. The number of benzene rings is 5. The van der Waals surface area contributed by atoms with E-state index in [2.05, 4.69) is 153 Å². The van der Waals surface area contributed by atoms with Crippen molar-refractivity contribution in [1.29, 1.82) is 0 Å². The van der Waals surface area contributed by atoms with E-state index in [-0.39, 0.29) is 0 Å². The summed E-state index contributed by atoms with van der Waals surface area (Å²) in [5.74, 6) is 0. The lowest BCUT2D eigenvalue weighted by Gasteiger charge is -2.11. The molecule has 0 spiro atoms. The Hall–Kier alpha value is -4.08. The summed E-state index contributed by atoms with van der Waals surface area (Å²) in [5, 5.41) is 3.80. The van der Waals surface area contributed by atoms with Gasteiger partial charge in [0.25, 0.3) is 0 Å². The van der Waals surface area contributed by atoms with Gasteiger partial charge in [-0.05, 0) is 65.7 Å². The fourth-order valence-electron chi connectivity index (χ4n) is 5.20. The lowest BCUT2D eigenvalue weighted by Crippen LogP contribution is -1.95. The van der Waals surface area contributed by atoms with Gasteiger partial charge in [0, 0.05) is 38.2 Å². The van der Waals surface area contributed by atoms with Gasteiger partial charge in [0.15, 0.2) is 0 Å². The molecule has 0 amide bonds. The van der Waals surface area contributed by atoms with Crippen LogP contribution in [0.5, 0.6) is 0 Å². The van der Waals surface area contributed by atoms with Gasteiger partial charge >= 0.3 is 0 Å². The van der Waals surface area contributed by atoms with Crippen molar-refractivity contribution in [3.05, 3.63) is 132 Å². The molecule has 35 heavy (non-hydrogen) atoms. The van der Waals surface area contributed by atoms with Crippen molar-refractivity contribution < 1.29 is 0 Å². The first-order valence-electron chi connectivity index (χ1n) is 11.7. The highest BCUT2D eigenvalue weighted by molar-refractivity contribution is 9.10. The van der Waals surface area contributed by atoms with Crippen molar-refractivity contribution in [3.63, 3.8) is 0 Å². The second-order valence-electron chi connectivity index (χ2n) is 8.82. The molecule has 7 rings (SSSR count). The summed E-state index contributed by atoms with van der Waals surface area (Å²) in [6.07, 6.45) is 2.18. The van der Waals surface area contributed by atoms with Crippen LogP contribution >= 0.6 is 15.9 Å². The van der Waals surface area contributed by atoms with Crippen molar-refractivity contribution in [3.8, 4) is 22.5 Å². The summed E-state index contributed by atoms with van der Waals surface area (Å²) >= 11 is 3.53. The van der Waals surface area contributed by atoms with Gasteiger partial charge in [0.1, 0.15) is 0 Å². The van der Waals surface area contributed by atoms with Crippen LogP contribution in [-0.2, 0) is 0 Å². The molecule has 3 heteroatoms. The highest BCUT2D eigenvalue weighted by atomic mass is 79.9. The third-order valence-electron chi connectivity index (χ3n) is 6.84. The summed E-state index contributed by atoms with van der Waals surface area (Å²) in [5.41, 5.74) is 8.43. The Morgan fingerprint density at radius 2 is 1.14 bits per heavy atom. The third-order valence-corrected chi connectivity index (χ3v) is 7.37. The highest BCUT2D eigenvalue weighted by Gasteiger charge is 2.16. The molecule has 0 aliphatic rings. The minimum atomic E-state index is 1.09. The molecule has 0 saturated carbocycles. The summed E-state index contributed by atoms with van der Waals surface area (Å²) in [6.45, 7) is 0. The monoisotopic (exact) mass is 512 g/mol. The molecule has 2 heterocycles. The van der Waals surface area contributed by atoms with Crippen LogP contribution in [-0.4, -0.2) is 9.13 Å². The van der Waals surface area contributed by atoms with E-state index in [1.165, 1.54) is 49.5 Å². The van der Waals surface area contributed by atoms with Crippen LogP contribution < -0.4 is 0 Å². The van der Waals surface area contributed by atoms with Crippen LogP contribution in [0, 0.1) is 0 Å². The lowest BCUT2D eigenvalue weighted by atomic mass is 10.1. The quantitative estimate of drug-likeness (QED) is 0.223. The molecule has 0 saturated heterocycles. The molecule has 0 aliphatic heterocycles. The Bertz CT molecular complexity index is 1820. The lowest BCUT2D eigenvalue weighted by molar-refractivity contribution is 1.13. The molecule has 0 radical (unpaired) electrons. The van der Waals surface area contributed by atoms with Gasteiger partial charge in [0.2, 0.25) is 0 Å². The summed E-state index contributed by atoms with van der Waals surface area (Å²) < 4.78 is 5.77. The molecule has 0 fully saturated rings. The minimum absolute atomic E-state index is 1.09. The number of rotatable bonds is 3. The molecule has 2 aromatic heterocycles. The van der Waals surface area contributed by atoms with Crippen molar-refractivity contribution >= 4 is 48.6 Å². The number of hydrogen-bond acceptors (Lipinski definition) is 0. The maximum atomic E-state index is 3.53. The predicted molar refractivity (Wildman–Crippen MR) is 151 cm³/mol. The molecule has 7 aromatic rings. The Labute approximate surface area is 211 Å². The van der Waals surface area contributed by atoms with E-state index < -0.39 is 0 Å². The van der Waals surface area contributed by atoms with Gasteiger partial charge in [0.05, 0.1) is 16.6 Å². The van der Waals surface area contributed by atoms with E-state index in [1.807, 2.05) is 0 Å². The number of fused-ring (bicyclic) bond motifs is 5. The van der Waals surface area contributed by atoms with Gasteiger partial charge in [-0.25, -0.2) is 0 Å². The molecule has 0 aliphatic carbocycles. The number of hydrogen-bond donors (Lipinski definition) is 0. The first-order chi connectivity index (χ1) is 17.3. The first-order valence-corrected chi connectivity index (χ1v) is 12.5. The predicted octanol–water partition coefficient (Wildman–Crippen LogP) is 9.16. The van der Waals surface area contributed by atoms with Gasteiger partial charge in [-0.2, -0.15) is 0 Å². The maximum Gasteiger partial charge on any atom is 0.0635 e. The van der Waals surface area contributed by atoms with E-state index in [4.69, 9.17) is 0 Å². The Morgan fingerprint density at radius 3 is 1.91 bits per heavy atom. The van der Waals surface area contributed by atoms with Gasteiger partial charge in [-0.1, -0.05) is 82.7 Å². The van der Waals surface area contributed by atoms with Crippen molar-refractivity contribution in [2.24, 2.45) is 0 Å². The number of halogens is 1. The highest BCUT2D eigenvalue weighted by Crippen LogP contribution is 2.38. The Morgan fingerprint density at radius 1 is 0.457 bits per heavy atom. The summed E-state index contributed by atoms with van der Waals surface area (Å²) in [4.78, 5) is 0. The van der Waals surface area contributed by atoms with Crippen LogP contribution in [0.1, 0.15) is 0 Å². The normalized spacial score (nSPS) is 11.6. The smallest absolute Gasteiger partial charge is 0.0635 e. The van der Waals surface area contributed by atoms with Crippen molar-refractivity contribution in [1.82, 2.24) is 9.13 Å². The molecule has 5 aromatic carbocycles. The average molecular weight is 513 g/mol. The maximum absolute atomic E-state index is 3.53. The van der Waals surface area contributed by atoms with Crippen molar-refractivity contribution in [2.45, 2.75) is 0 Å². The van der Waals surface area contributed by atoms with Crippen LogP contribution in [0.15, 0.2) is 132 Å². The zero-order valence-corrected chi connectivity index (χ0v) is 20.5. The molecule has 0 bridgehead atoms. The van der Waals surface area contributed by atoms with Gasteiger partial charge < -0.3 is 9.13 Å². The van der Waals surface area contributed by atoms with Crippen LogP contribution in [0.3, 0.4) is 0 Å². The summed E-state index contributed by atoms with van der Waals surface area (Å²) in [6, 6.07) is 43.4. The SMILES string of the molecule is Brc1ccc(-c2ccc(-n3c4ccccc4c4ccc5c(ccn5-c5ccccc5)c43)cc2)cc1. The fraction of sp³-hybridized carbons (Fsp3) is 0. The molecule has 0 atom stereocenters. The van der Waals surface area contributed by atoms with Gasteiger partial charge in [-0.3, -0.25) is 0 Å². The minimum Gasteiger partial charge on any atom is -0.316 e. The zero-order chi connectivity index (χ0) is 23.4. The standard InChI is InChI=1S/C32H21BrN2/c33-24-14-10-22(11-15-24)23-12-16-26(17-13-23)35-31-9-5-4-8-27(31)28-18-19-30-29(32(28)35)20-21-34(30)25-6-2-1-3-7-25/h1-21H. The van der Waals surface area contributed by atoms with E-state index >= 15 is 0 Å². The number of para-hydroxylation sites is 2. The molecular weight excluding hydrogens is 492 g/mol. The fourth-order valence-corrected chi connectivity index (χ4v) is 5.47. The van der Waals surface area contributed by atoms with E-state index in [9.17, 15) is 0 Å². The first kappa shape index (κ1) is 20.3. The topological polar surface area (TPSA) is 9.86 Å².